The third-order valence-corrected chi connectivity index (χ3v) is 3.84. The Bertz CT molecular complexity index is 275. The van der Waals surface area contributed by atoms with E-state index < -0.39 is 11.6 Å². The van der Waals surface area contributed by atoms with Gasteiger partial charge in [-0.3, -0.25) is 0 Å². The molecule has 1 nitrogen and oxygen atoms in total. The quantitative estimate of drug-likeness (QED) is 0.521. The summed E-state index contributed by atoms with van der Waals surface area (Å²) in [6.45, 7) is 0. The van der Waals surface area contributed by atoms with Crippen LogP contribution >= 0.6 is 0 Å². The van der Waals surface area contributed by atoms with Gasteiger partial charge in [0.05, 0.1) is 0 Å². The molecule has 0 aromatic rings. The van der Waals surface area contributed by atoms with Crippen molar-refractivity contribution < 1.29 is 25.8 Å². The molecule has 0 aliphatic heterocycles. The third-order valence-electron chi connectivity index (χ3n) is 1.61. The molecule has 0 aromatic carbocycles. The molecule has 0 heterocycles. The van der Waals surface area contributed by atoms with E-state index in [1.165, 1.54) is 0 Å². The Morgan fingerprint density at radius 1 is 1.21 bits per heavy atom. The third kappa shape index (κ3) is 3.71. The molecular weight excluding hydrogens is 233 g/mol. The largest absolute Gasteiger partial charge is 1.00 e. The van der Waals surface area contributed by atoms with E-state index in [-0.39, 0.29) is 9.41 Å². The number of carbonyl (C=O) groups is 1. The van der Waals surface area contributed by atoms with Gasteiger partial charge >= 0.3 is 74.7 Å². The molecule has 0 fully saturated rings. The summed E-state index contributed by atoms with van der Waals surface area (Å²) in [5, 5.41) is 0. The molecule has 86 valence electrons. The fourth-order valence-corrected chi connectivity index (χ4v) is 2.54. The number of hydrogen-bond acceptors (Lipinski definition) is 1. The zero-order valence-corrected chi connectivity index (χ0v) is 9.98. The Labute approximate surface area is 84.6 Å². The molecule has 0 N–H and O–H groups in total. The summed E-state index contributed by atoms with van der Waals surface area (Å²) >= 11 is -2.02. The topological polar surface area (TPSA) is 17.1 Å². The molecule has 0 saturated heterocycles. The van der Waals surface area contributed by atoms with Crippen LogP contribution in [-0.4, -0.2) is 4.72 Å². The molecule has 0 unspecified atom stereocenters. The summed E-state index contributed by atoms with van der Waals surface area (Å²) in [6.07, 6.45) is 6.79. The minimum atomic E-state index is -2.02. The summed E-state index contributed by atoms with van der Waals surface area (Å²) < 4.78 is 0.379. The average molecular weight is 250 g/mol. The molecule has 0 aromatic heterocycles. The maximum absolute atomic E-state index is 11.9. The molecule has 0 bridgehead atoms. The maximum atomic E-state index is 11.9. The van der Waals surface area contributed by atoms with Crippen LogP contribution in [0.3, 0.4) is 0 Å². The zero-order chi connectivity index (χ0) is 9.43. The number of hydrogen-bond donors (Lipinski definition) is 0. The van der Waals surface area contributed by atoms with E-state index in [2.05, 4.69) is 23.4 Å². The molecule has 14 heavy (non-hydrogen) atoms. The van der Waals surface area contributed by atoms with Crippen molar-refractivity contribution in [2.45, 2.75) is 29.9 Å². The van der Waals surface area contributed by atoms with Crippen LogP contribution in [0.25, 0.3) is 0 Å². The molecule has 0 radical (unpaired) electrons. The van der Waals surface area contributed by atoms with Crippen molar-refractivity contribution in [3.05, 3.63) is 23.8 Å². The fourth-order valence-electron chi connectivity index (χ4n) is 1.01. The Morgan fingerprint density at radius 2 is 1.71 bits per heavy atom. The Balaban J connectivity index is 0. The van der Waals surface area contributed by atoms with Crippen LogP contribution in [0.1, 0.15) is 6.42 Å². The van der Waals surface area contributed by atoms with Crippen molar-refractivity contribution in [1.82, 2.24) is 0 Å². The van der Waals surface area contributed by atoms with Gasteiger partial charge in [0.25, 0.3) is 0 Å². The van der Waals surface area contributed by atoms with Crippen LogP contribution in [0.2, 0.25) is 23.4 Å². The molecule has 0 spiro atoms. The van der Waals surface area contributed by atoms with Crippen LogP contribution in [0.4, 0.5) is 0 Å². The first kappa shape index (κ1) is 16.0. The molecule has 0 atom stereocenters. The second-order valence-electron chi connectivity index (χ2n) is 4.24. The van der Waals surface area contributed by atoms with Crippen LogP contribution in [0.5, 0.6) is 0 Å². The number of carbonyl (C=O) groups excluding carboxylic acids is 1. The van der Waals surface area contributed by atoms with Crippen LogP contribution in [0, 0.1) is 0 Å². The smallest absolute Gasteiger partial charge is 1.00 e. The van der Waals surface area contributed by atoms with Crippen LogP contribution in [-0.2, 0) is 16.4 Å². The Kier molecular flexibility index (Phi) is 4.97. The van der Waals surface area contributed by atoms with Crippen LogP contribution in [0.15, 0.2) is 23.8 Å². The predicted octanol–water partition coefficient (Wildman–Crippen LogP) is -2.71. The summed E-state index contributed by atoms with van der Waals surface area (Å²) in [5.74, 6) is 8.41. The first-order valence-electron chi connectivity index (χ1n) is 3.67. The molecule has 1 aliphatic carbocycles. The first-order valence-corrected chi connectivity index (χ1v) is 8.36. The van der Waals surface area contributed by atoms with Gasteiger partial charge in [-0.25, -0.2) is 0 Å². The summed E-state index contributed by atoms with van der Waals surface area (Å²) in [6, 6.07) is 0. The van der Waals surface area contributed by atoms with Gasteiger partial charge in [0, 0.05) is 0 Å². The molecule has 1 rings (SSSR count). The molecule has 4 heteroatoms. The minimum absolute atomic E-state index is 0. The van der Waals surface area contributed by atoms with Crippen molar-refractivity contribution in [1.29, 1.82) is 0 Å². The Morgan fingerprint density at radius 3 is 2.00 bits per heavy atom. The molecular formula is C10H17CoF2O. The summed E-state index contributed by atoms with van der Waals surface area (Å²) in [5.41, 5.74) is 0.988. The van der Waals surface area contributed by atoms with Crippen molar-refractivity contribution in [3.63, 3.8) is 0 Å². The first-order chi connectivity index (χ1) is 5.27. The number of rotatable bonds is 2. The van der Waals surface area contributed by atoms with Gasteiger partial charge in [-0.2, -0.15) is 0 Å². The van der Waals surface area contributed by atoms with E-state index in [0.29, 0.717) is 4.72 Å². The van der Waals surface area contributed by atoms with Gasteiger partial charge in [0.2, 0.25) is 0 Å². The van der Waals surface area contributed by atoms with E-state index in [0.717, 1.165) is 12.0 Å². The van der Waals surface area contributed by atoms with Gasteiger partial charge in [-0.05, 0) is 0 Å². The summed E-state index contributed by atoms with van der Waals surface area (Å²) in [7, 11) is 0. The second kappa shape index (κ2) is 4.36. The zero-order valence-electron chi connectivity index (χ0n) is 8.94. The summed E-state index contributed by atoms with van der Waals surface area (Å²) in [4.78, 5) is 11.9. The average Bonchev–Trinajstić information content (AvgIpc) is 2.32. The standard InChI is InChI=1S/C6H5O.4CH3.Co.2FH/c7-5-6-3-1-2-4-6;;;;;;;/h1-3H,4H2;4*1H3;;2*1H/q;;;;;+2;;/p-2. The van der Waals surface area contributed by atoms with Crippen LogP contribution < -0.4 is 9.41 Å². The fraction of sp³-hybridized carbons (Fsp3) is 0.500. The normalized spacial score (nSPS) is 17.1. The van der Waals surface area contributed by atoms with Gasteiger partial charge in [0.15, 0.2) is 0 Å². The minimum Gasteiger partial charge on any atom is -1.00 e. The van der Waals surface area contributed by atoms with E-state index in [1.54, 1.807) is 0 Å². The number of halogens is 2. The van der Waals surface area contributed by atoms with Gasteiger partial charge < -0.3 is 9.41 Å². The van der Waals surface area contributed by atoms with E-state index in [4.69, 9.17) is 0 Å². The van der Waals surface area contributed by atoms with E-state index in [1.807, 2.05) is 18.2 Å². The maximum Gasteiger partial charge on any atom is -1.00 e. The predicted molar refractivity (Wildman–Crippen MR) is 50.3 cm³/mol. The Hall–Kier alpha value is -0.484. The van der Waals surface area contributed by atoms with Crippen molar-refractivity contribution in [2.75, 3.05) is 0 Å². The molecule has 0 amide bonds. The SMILES string of the molecule is [CH3][Co+2]([CH3])([CH3])([CH3])[C](=O)C1=CC=CC1.[F-].[F-]. The molecule has 0 saturated carbocycles. The second-order valence-corrected chi connectivity index (χ2v) is 13.0. The van der Waals surface area contributed by atoms with Gasteiger partial charge in [-0.15, -0.1) is 0 Å². The van der Waals surface area contributed by atoms with Gasteiger partial charge in [0.1, 0.15) is 0 Å². The van der Waals surface area contributed by atoms with Gasteiger partial charge in [-0.1, -0.05) is 0 Å². The van der Waals surface area contributed by atoms with E-state index >= 15 is 0 Å². The van der Waals surface area contributed by atoms with E-state index in [9.17, 15) is 4.79 Å². The van der Waals surface area contributed by atoms with Crippen molar-refractivity contribution in [3.8, 4) is 0 Å². The monoisotopic (exact) mass is 250 g/mol. The van der Waals surface area contributed by atoms with Crippen molar-refractivity contribution >= 4 is 4.72 Å². The van der Waals surface area contributed by atoms with Crippen molar-refractivity contribution in [2.24, 2.45) is 0 Å². The molecule has 1 aliphatic rings. The number of allylic oxidation sites excluding steroid dienone is 4.